The van der Waals surface area contributed by atoms with E-state index in [0.29, 0.717) is 5.39 Å². The fraction of sp³-hybridized carbons (Fsp3) is 0.182. The van der Waals surface area contributed by atoms with Crippen LogP contribution in [0.2, 0.25) is 0 Å². The monoisotopic (exact) mass is 408 g/mol. The van der Waals surface area contributed by atoms with Crippen LogP contribution in [0, 0.1) is 0 Å². The maximum Gasteiger partial charge on any atom is 0.256 e. The summed E-state index contributed by atoms with van der Waals surface area (Å²) in [4.78, 5) is 17.7. The highest BCUT2D eigenvalue weighted by atomic mass is 79.9. The highest BCUT2D eigenvalue weighted by Gasteiger charge is 2.07. The number of aromatic nitrogens is 1. The van der Waals surface area contributed by atoms with Gasteiger partial charge in [0.15, 0.2) is 0 Å². The zero-order valence-electron chi connectivity index (χ0n) is 14.8. The predicted molar refractivity (Wildman–Crippen MR) is 112 cm³/mol. The van der Waals surface area contributed by atoms with Gasteiger partial charge in [-0.3, -0.25) is 9.69 Å². The van der Waals surface area contributed by atoms with Gasteiger partial charge >= 0.3 is 0 Å². The lowest BCUT2D eigenvalue weighted by Crippen LogP contribution is -2.22. The van der Waals surface area contributed by atoms with Crippen LogP contribution in [-0.4, -0.2) is 23.0 Å². The number of H-pyrrole nitrogens is 1. The molecular weight excluding hydrogens is 388 g/mol. The normalized spacial score (nSPS) is 10.9. The van der Waals surface area contributed by atoms with Crippen LogP contribution in [0.3, 0.4) is 0 Å². The first kappa shape index (κ1) is 18.4. The van der Waals surface area contributed by atoms with Crippen LogP contribution in [0.5, 0.6) is 0 Å². The molecule has 1 heterocycles. The van der Waals surface area contributed by atoms with Gasteiger partial charge in [0.05, 0.1) is 0 Å². The van der Waals surface area contributed by atoms with E-state index in [2.05, 4.69) is 69.3 Å². The van der Waals surface area contributed by atoms with Gasteiger partial charge in [-0.15, -0.1) is 5.73 Å². The number of rotatable bonds is 6. The van der Waals surface area contributed by atoms with E-state index in [1.807, 2.05) is 30.3 Å². The molecule has 1 aromatic heterocycles. The van der Waals surface area contributed by atoms with E-state index >= 15 is 0 Å². The molecule has 0 fully saturated rings. The topological polar surface area (TPSA) is 36.1 Å². The highest BCUT2D eigenvalue weighted by molar-refractivity contribution is 9.10. The molecule has 0 spiro atoms. The molecule has 3 rings (SSSR count). The number of halogens is 1. The van der Waals surface area contributed by atoms with Gasteiger partial charge in [0.1, 0.15) is 0 Å². The number of likely N-dealkylation sites (N-methyl/N-ethyl adjacent to an activating group) is 1. The predicted octanol–water partition coefficient (Wildman–Crippen LogP) is 5.12. The SMILES string of the molecule is C=C=CCN(CC)Cc1ccc(-c2cc3c(Br)cccc3c(=O)[nH]2)cc1. The van der Waals surface area contributed by atoms with Gasteiger partial charge in [0.25, 0.3) is 5.56 Å². The Balaban J connectivity index is 1.89. The summed E-state index contributed by atoms with van der Waals surface area (Å²) in [6, 6.07) is 16.0. The Morgan fingerprint density at radius 2 is 1.96 bits per heavy atom. The molecule has 0 aliphatic heterocycles. The van der Waals surface area contributed by atoms with E-state index in [9.17, 15) is 4.79 Å². The third kappa shape index (κ3) is 4.05. The second kappa shape index (κ2) is 8.33. The van der Waals surface area contributed by atoms with Crippen LogP contribution in [0.15, 0.2) is 76.2 Å². The first-order valence-corrected chi connectivity index (χ1v) is 9.39. The number of hydrogen-bond acceptors (Lipinski definition) is 2. The molecule has 3 aromatic rings. The summed E-state index contributed by atoms with van der Waals surface area (Å²) >= 11 is 3.53. The average molecular weight is 409 g/mol. The van der Waals surface area contributed by atoms with E-state index in [1.165, 1.54) is 5.56 Å². The lowest BCUT2D eigenvalue weighted by Gasteiger charge is -2.18. The fourth-order valence-electron chi connectivity index (χ4n) is 2.95. The Bertz CT molecular complexity index is 1010. The molecule has 2 aromatic carbocycles. The summed E-state index contributed by atoms with van der Waals surface area (Å²) < 4.78 is 0.924. The molecular formula is C22H21BrN2O. The molecule has 0 aliphatic carbocycles. The summed E-state index contributed by atoms with van der Waals surface area (Å²) in [5.41, 5.74) is 5.80. The van der Waals surface area contributed by atoms with Crippen LogP contribution in [-0.2, 0) is 6.54 Å². The first-order valence-electron chi connectivity index (χ1n) is 8.60. The number of aromatic amines is 1. The van der Waals surface area contributed by atoms with Gasteiger partial charge in [0, 0.05) is 34.0 Å². The molecule has 0 saturated carbocycles. The highest BCUT2D eigenvalue weighted by Crippen LogP contribution is 2.26. The molecule has 4 heteroatoms. The second-order valence-electron chi connectivity index (χ2n) is 6.15. The summed E-state index contributed by atoms with van der Waals surface area (Å²) in [5.74, 6) is 0. The molecule has 132 valence electrons. The molecule has 0 unspecified atom stereocenters. The molecule has 0 bridgehead atoms. The Labute approximate surface area is 161 Å². The van der Waals surface area contributed by atoms with Crippen LogP contribution >= 0.6 is 15.9 Å². The van der Waals surface area contributed by atoms with Crippen molar-refractivity contribution in [1.29, 1.82) is 0 Å². The quantitative estimate of drug-likeness (QED) is 0.574. The fourth-order valence-corrected chi connectivity index (χ4v) is 3.43. The molecule has 26 heavy (non-hydrogen) atoms. The lowest BCUT2D eigenvalue weighted by molar-refractivity contribution is 0.311. The summed E-state index contributed by atoms with van der Waals surface area (Å²) in [6.07, 6.45) is 1.94. The maximum atomic E-state index is 12.4. The Morgan fingerprint density at radius 3 is 2.65 bits per heavy atom. The minimum absolute atomic E-state index is 0.0729. The molecule has 0 radical (unpaired) electrons. The number of nitrogens with zero attached hydrogens (tertiary/aromatic N) is 1. The summed E-state index contributed by atoms with van der Waals surface area (Å²) in [6.45, 7) is 8.43. The van der Waals surface area contributed by atoms with Gasteiger partial charge in [0.2, 0.25) is 0 Å². The van der Waals surface area contributed by atoms with Gasteiger partial charge in [-0.1, -0.05) is 59.8 Å². The zero-order chi connectivity index (χ0) is 18.5. The third-order valence-electron chi connectivity index (χ3n) is 4.45. The second-order valence-corrected chi connectivity index (χ2v) is 7.00. The van der Waals surface area contributed by atoms with Crippen molar-refractivity contribution in [3.63, 3.8) is 0 Å². The van der Waals surface area contributed by atoms with Crippen molar-refractivity contribution < 1.29 is 0 Å². The Hall–Kier alpha value is -2.39. The Morgan fingerprint density at radius 1 is 1.19 bits per heavy atom. The first-order chi connectivity index (χ1) is 12.6. The lowest BCUT2D eigenvalue weighted by atomic mass is 10.1. The standard InChI is InChI=1S/C22H21BrN2O/c1-3-5-13-25(4-2)15-16-9-11-17(12-10-16)21-14-19-18(22(26)24-21)7-6-8-20(19)23/h5-12,14H,1,4,13,15H2,2H3,(H,24,26). The minimum Gasteiger partial charge on any atom is -0.321 e. The van der Waals surface area contributed by atoms with E-state index in [4.69, 9.17) is 0 Å². The van der Waals surface area contributed by atoms with Crippen LogP contribution in [0.4, 0.5) is 0 Å². The van der Waals surface area contributed by atoms with Crippen molar-refractivity contribution in [1.82, 2.24) is 9.88 Å². The largest absolute Gasteiger partial charge is 0.321 e. The number of benzene rings is 2. The van der Waals surface area contributed by atoms with Crippen molar-refractivity contribution >= 4 is 26.7 Å². The minimum atomic E-state index is -0.0729. The van der Waals surface area contributed by atoms with Crippen molar-refractivity contribution in [3.8, 4) is 11.3 Å². The van der Waals surface area contributed by atoms with Gasteiger partial charge in [-0.05, 0) is 41.9 Å². The van der Waals surface area contributed by atoms with Gasteiger partial charge < -0.3 is 4.98 Å². The number of nitrogens with one attached hydrogen (secondary N) is 1. The maximum absolute atomic E-state index is 12.4. The molecule has 1 N–H and O–H groups in total. The van der Waals surface area contributed by atoms with Gasteiger partial charge in [-0.2, -0.15) is 0 Å². The van der Waals surface area contributed by atoms with Gasteiger partial charge in [-0.25, -0.2) is 0 Å². The average Bonchev–Trinajstić information content (AvgIpc) is 2.66. The van der Waals surface area contributed by atoms with Crippen molar-refractivity contribution in [2.75, 3.05) is 13.1 Å². The summed E-state index contributed by atoms with van der Waals surface area (Å²) in [7, 11) is 0. The van der Waals surface area contributed by atoms with E-state index in [0.717, 1.165) is 40.8 Å². The number of hydrogen-bond donors (Lipinski definition) is 1. The smallest absolute Gasteiger partial charge is 0.256 e. The van der Waals surface area contributed by atoms with Crippen molar-refractivity contribution in [2.24, 2.45) is 0 Å². The van der Waals surface area contributed by atoms with Crippen molar-refractivity contribution in [3.05, 3.63) is 87.3 Å². The Kier molecular flexibility index (Phi) is 5.89. The van der Waals surface area contributed by atoms with Crippen LogP contribution < -0.4 is 5.56 Å². The van der Waals surface area contributed by atoms with E-state index in [-0.39, 0.29) is 5.56 Å². The number of fused-ring (bicyclic) bond motifs is 1. The van der Waals surface area contributed by atoms with Crippen LogP contribution in [0.1, 0.15) is 12.5 Å². The molecule has 0 saturated heterocycles. The molecule has 0 amide bonds. The summed E-state index contributed by atoms with van der Waals surface area (Å²) in [5, 5.41) is 1.61. The third-order valence-corrected chi connectivity index (χ3v) is 5.14. The van der Waals surface area contributed by atoms with Crippen LogP contribution in [0.25, 0.3) is 22.0 Å². The molecule has 0 aliphatic rings. The molecule has 0 atom stereocenters. The molecule has 3 nitrogen and oxygen atoms in total. The van der Waals surface area contributed by atoms with E-state index in [1.54, 1.807) is 0 Å². The van der Waals surface area contributed by atoms with E-state index < -0.39 is 0 Å². The zero-order valence-corrected chi connectivity index (χ0v) is 16.3. The van der Waals surface area contributed by atoms with Crippen molar-refractivity contribution in [2.45, 2.75) is 13.5 Å². The number of pyridine rings is 1.